The highest BCUT2D eigenvalue weighted by atomic mass is 32.1. The van der Waals surface area contributed by atoms with Crippen LogP contribution in [0.25, 0.3) is 0 Å². The van der Waals surface area contributed by atoms with Crippen LogP contribution in [0, 0.1) is 0 Å². The Morgan fingerprint density at radius 2 is 2.19 bits per heavy atom. The molecular weight excluding hydrogens is 364 g/mol. The Labute approximate surface area is 160 Å². The molecule has 26 heavy (non-hydrogen) atoms. The van der Waals surface area contributed by atoms with Crippen molar-refractivity contribution in [1.29, 1.82) is 0 Å². The van der Waals surface area contributed by atoms with Crippen molar-refractivity contribution in [1.82, 2.24) is 5.01 Å². The monoisotopic (exact) mass is 382 g/mol. The molecule has 0 amide bonds. The van der Waals surface area contributed by atoms with E-state index < -0.39 is 0 Å². The highest BCUT2D eigenvalue weighted by molar-refractivity contribution is 7.12. The molecule has 0 spiro atoms. The zero-order valence-electron chi connectivity index (χ0n) is 14.3. The van der Waals surface area contributed by atoms with E-state index >= 15 is 0 Å². The molecule has 2 aliphatic rings. The molecule has 0 bridgehead atoms. The van der Waals surface area contributed by atoms with Gasteiger partial charge in [-0.1, -0.05) is 18.2 Å². The van der Waals surface area contributed by atoms with E-state index in [1.165, 1.54) is 4.88 Å². The Morgan fingerprint density at radius 1 is 1.23 bits per heavy atom. The Hall–Kier alpha value is -2.31. The molecule has 0 saturated carbocycles. The van der Waals surface area contributed by atoms with E-state index in [0.29, 0.717) is 6.61 Å². The Kier molecular flexibility index (Phi) is 3.94. The molecule has 4 nitrogen and oxygen atoms in total. The summed E-state index contributed by atoms with van der Waals surface area (Å²) in [6, 6.07) is 12.7. The van der Waals surface area contributed by atoms with Crippen molar-refractivity contribution < 1.29 is 9.47 Å². The SMILES string of the molecule is CCOc1cccc2c1O[C@H](c1ccsc1)N1N=C(c3cccs3)C[C@H]21. The van der Waals surface area contributed by atoms with Gasteiger partial charge >= 0.3 is 0 Å². The van der Waals surface area contributed by atoms with Crippen LogP contribution in [0.3, 0.4) is 0 Å². The minimum atomic E-state index is -0.224. The molecular formula is C20H18N2O2S2. The van der Waals surface area contributed by atoms with Gasteiger partial charge in [0.05, 0.1) is 23.2 Å². The summed E-state index contributed by atoms with van der Waals surface area (Å²) >= 11 is 3.41. The zero-order chi connectivity index (χ0) is 17.5. The molecule has 0 fully saturated rings. The first-order valence-corrected chi connectivity index (χ1v) is 10.5. The number of benzene rings is 1. The summed E-state index contributed by atoms with van der Waals surface area (Å²) in [4.78, 5) is 1.23. The maximum Gasteiger partial charge on any atom is 0.214 e. The molecule has 1 aromatic carbocycles. The van der Waals surface area contributed by atoms with Crippen molar-refractivity contribution in [3.05, 3.63) is 68.5 Å². The summed E-state index contributed by atoms with van der Waals surface area (Å²) in [5.74, 6) is 1.67. The fourth-order valence-electron chi connectivity index (χ4n) is 3.58. The van der Waals surface area contributed by atoms with Gasteiger partial charge in [-0.15, -0.1) is 11.3 Å². The van der Waals surface area contributed by atoms with E-state index in [4.69, 9.17) is 14.6 Å². The van der Waals surface area contributed by atoms with Crippen LogP contribution >= 0.6 is 22.7 Å². The van der Waals surface area contributed by atoms with Gasteiger partial charge in [-0.25, -0.2) is 5.01 Å². The normalized spacial score (nSPS) is 21.0. The first kappa shape index (κ1) is 15.9. The first-order chi connectivity index (χ1) is 12.8. The second-order valence-corrected chi connectivity index (χ2v) is 7.99. The topological polar surface area (TPSA) is 34.1 Å². The molecule has 132 valence electrons. The van der Waals surface area contributed by atoms with Gasteiger partial charge in [0.25, 0.3) is 0 Å². The highest BCUT2D eigenvalue weighted by Gasteiger charge is 2.42. The van der Waals surface area contributed by atoms with E-state index in [9.17, 15) is 0 Å². The lowest BCUT2D eigenvalue weighted by Crippen LogP contribution is -2.33. The molecule has 2 aromatic heterocycles. The molecule has 2 atom stereocenters. The van der Waals surface area contributed by atoms with E-state index in [1.807, 2.05) is 19.1 Å². The molecule has 0 unspecified atom stereocenters. The number of hydrogen-bond acceptors (Lipinski definition) is 6. The lowest BCUT2D eigenvalue weighted by molar-refractivity contribution is -0.0209. The van der Waals surface area contributed by atoms with Gasteiger partial charge in [0.1, 0.15) is 0 Å². The van der Waals surface area contributed by atoms with E-state index in [1.54, 1.807) is 22.7 Å². The van der Waals surface area contributed by atoms with Crippen molar-refractivity contribution in [3.63, 3.8) is 0 Å². The number of hydrogen-bond donors (Lipinski definition) is 0. The summed E-state index contributed by atoms with van der Waals surface area (Å²) in [6.07, 6.45) is 0.658. The molecule has 6 heteroatoms. The van der Waals surface area contributed by atoms with Gasteiger partial charge in [-0.3, -0.25) is 0 Å². The van der Waals surface area contributed by atoms with Crippen molar-refractivity contribution in [3.8, 4) is 11.5 Å². The molecule has 0 N–H and O–H groups in total. The maximum atomic E-state index is 6.44. The number of rotatable bonds is 4. The highest BCUT2D eigenvalue weighted by Crippen LogP contribution is 2.51. The van der Waals surface area contributed by atoms with Gasteiger partial charge in [0.2, 0.25) is 6.23 Å². The van der Waals surface area contributed by atoms with Crippen molar-refractivity contribution in [2.24, 2.45) is 5.10 Å². The van der Waals surface area contributed by atoms with Crippen LogP contribution in [0.1, 0.15) is 41.6 Å². The van der Waals surface area contributed by atoms with Crippen LogP contribution in [-0.2, 0) is 0 Å². The molecule has 0 radical (unpaired) electrons. The van der Waals surface area contributed by atoms with Gasteiger partial charge in [-0.05, 0) is 41.3 Å². The van der Waals surface area contributed by atoms with Gasteiger partial charge in [0.15, 0.2) is 11.5 Å². The van der Waals surface area contributed by atoms with E-state index in [2.05, 4.69) is 45.4 Å². The predicted octanol–water partition coefficient (Wildman–Crippen LogP) is 5.45. The summed E-state index contributed by atoms with van der Waals surface area (Å²) in [6.45, 7) is 2.62. The second kappa shape index (κ2) is 6.45. The number of fused-ring (bicyclic) bond motifs is 3. The molecule has 4 heterocycles. The van der Waals surface area contributed by atoms with Crippen LogP contribution in [0.2, 0.25) is 0 Å². The molecule has 2 aliphatic heterocycles. The minimum Gasteiger partial charge on any atom is -0.490 e. The summed E-state index contributed by atoms with van der Waals surface area (Å²) < 4.78 is 12.3. The fourth-order valence-corrected chi connectivity index (χ4v) is 4.97. The zero-order valence-corrected chi connectivity index (χ0v) is 15.9. The van der Waals surface area contributed by atoms with Crippen LogP contribution in [0.15, 0.2) is 57.6 Å². The first-order valence-electron chi connectivity index (χ1n) is 8.69. The smallest absolute Gasteiger partial charge is 0.214 e. The average Bonchev–Trinajstić information content (AvgIpc) is 3.41. The van der Waals surface area contributed by atoms with Gasteiger partial charge in [-0.2, -0.15) is 16.4 Å². The summed E-state index contributed by atoms with van der Waals surface area (Å²) in [7, 11) is 0. The van der Waals surface area contributed by atoms with Crippen molar-refractivity contribution >= 4 is 28.4 Å². The molecule has 0 aliphatic carbocycles. The van der Waals surface area contributed by atoms with Crippen molar-refractivity contribution in [2.45, 2.75) is 25.6 Å². The number of hydrazone groups is 1. The molecule has 0 saturated heterocycles. The standard InChI is InChI=1S/C20H18N2O2S2/c1-2-23-17-6-3-5-14-16-11-15(18-7-4-9-26-18)21-22(16)20(24-19(14)17)13-8-10-25-12-13/h3-10,12,16,20H,2,11H2,1H3/t16-,20-/m1/s1. The number of nitrogens with zero attached hydrogens (tertiary/aromatic N) is 2. The lowest BCUT2D eigenvalue weighted by atomic mass is 9.97. The largest absolute Gasteiger partial charge is 0.490 e. The van der Waals surface area contributed by atoms with Crippen LogP contribution in [-0.4, -0.2) is 17.3 Å². The van der Waals surface area contributed by atoms with Crippen LogP contribution < -0.4 is 9.47 Å². The van der Waals surface area contributed by atoms with Crippen LogP contribution in [0.5, 0.6) is 11.5 Å². The maximum absolute atomic E-state index is 6.44. The Balaban J connectivity index is 1.61. The minimum absolute atomic E-state index is 0.168. The lowest BCUT2D eigenvalue weighted by Gasteiger charge is -2.38. The number of thiophene rings is 2. The molecule has 5 rings (SSSR count). The second-order valence-electron chi connectivity index (χ2n) is 6.26. The van der Waals surface area contributed by atoms with Gasteiger partial charge in [0, 0.05) is 17.5 Å². The third-order valence-electron chi connectivity index (χ3n) is 4.71. The Morgan fingerprint density at radius 3 is 2.96 bits per heavy atom. The van der Waals surface area contributed by atoms with E-state index in [0.717, 1.165) is 34.8 Å². The Bertz CT molecular complexity index is 935. The fraction of sp³-hybridized carbons (Fsp3) is 0.250. The van der Waals surface area contributed by atoms with E-state index in [-0.39, 0.29) is 12.3 Å². The average molecular weight is 383 g/mol. The van der Waals surface area contributed by atoms with Crippen molar-refractivity contribution in [2.75, 3.05) is 6.61 Å². The summed E-state index contributed by atoms with van der Waals surface area (Å²) in [5, 5.41) is 13.4. The number of ether oxygens (including phenoxy) is 2. The predicted molar refractivity (Wildman–Crippen MR) is 105 cm³/mol. The quantitative estimate of drug-likeness (QED) is 0.602. The number of para-hydroxylation sites is 1. The molecule has 3 aromatic rings. The third-order valence-corrected chi connectivity index (χ3v) is 6.33. The van der Waals surface area contributed by atoms with Gasteiger partial charge < -0.3 is 9.47 Å². The van der Waals surface area contributed by atoms with Crippen LogP contribution in [0.4, 0.5) is 0 Å². The third kappa shape index (κ3) is 2.52. The summed E-state index contributed by atoms with van der Waals surface area (Å²) in [5.41, 5.74) is 3.41.